The van der Waals surface area contributed by atoms with Crippen LogP contribution in [0.3, 0.4) is 0 Å². The number of amides is 2. The number of hydrogen-bond donors (Lipinski definition) is 16. The fourth-order valence-corrected chi connectivity index (χ4v) is 6.94. The van der Waals surface area contributed by atoms with E-state index in [0.717, 1.165) is 13.8 Å². The van der Waals surface area contributed by atoms with Crippen molar-refractivity contribution >= 4 is 17.8 Å². The number of carbonyl (C=O) groups is 3. The summed E-state index contributed by atoms with van der Waals surface area (Å²) < 4.78 is 39.0. The number of carboxylic acid groups (broad SMARTS) is 1. The van der Waals surface area contributed by atoms with Crippen LogP contribution in [0.2, 0.25) is 0 Å². The van der Waals surface area contributed by atoms with Gasteiger partial charge in [-0.05, 0) is 0 Å². The molecule has 16 N–H and O–H groups in total. The highest BCUT2D eigenvalue weighted by Gasteiger charge is 2.58. The van der Waals surface area contributed by atoms with Crippen LogP contribution in [0.5, 0.6) is 0 Å². The van der Waals surface area contributed by atoms with E-state index in [4.69, 9.17) is 33.2 Å². The first kappa shape index (κ1) is 47.3. The number of rotatable bonds is 15. The van der Waals surface area contributed by atoms with Crippen molar-refractivity contribution in [2.24, 2.45) is 0 Å². The predicted molar refractivity (Wildman–Crippen MR) is 174 cm³/mol. The molecule has 26 heteroatoms. The van der Waals surface area contributed by atoms with Crippen LogP contribution in [-0.2, 0) is 47.5 Å². The van der Waals surface area contributed by atoms with Gasteiger partial charge in [-0.25, -0.2) is 4.79 Å². The molecule has 4 aliphatic heterocycles. The Kier molecular flexibility index (Phi) is 16.4. The fraction of sp³-hybridized carbons (Fsp3) is 0.903. The number of aliphatic hydroxyl groups is 13. The Labute approximate surface area is 322 Å². The van der Waals surface area contributed by atoms with E-state index in [-0.39, 0.29) is 0 Å². The summed E-state index contributed by atoms with van der Waals surface area (Å²) in [6, 6.07) is -3.21. The van der Waals surface area contributed by atoms with E-state index in [2.05, 4.69) is 10.6 Å². The highest BCUT2D eigenvalue weighted by atomic mass is 16.8. The molecule has 4 saturated heterocycles. The molecular formula is C31H52N2O24. The van der Waals surface area contributed by atoms with Gasteiger partial charge in [-0.15, -0.1) is 0 Å². The van der Waals surface area contributed by atoms with Gasteiger partial charge in [0.15, 0.2) is 18.9 Å². The van der Waals surface area contributed by atoms with Crippen molar-refractivity contribution in [3.8, 4) is 0 Å². The van der Waals surface area contributed by atoms with Gasteiger partial charge in [0, 0.05) is 20.3 Å². The number of hydrogen-bond acceptors (Lipinski definition) is 23. The molecule has 0 saturated carbocycles. The Morgan fingerprint density at radius 2 is 1.28 bits per heavy atom. The van der Waals surface area contributed by atoms with Crippen molar-refractivity contribution < 1.29 is 119 Å². The van der Waals surface area contributed by atoms with E-state index in [0.29, 0.717) is 0 Å². The first-order valence-electron chi connectivity index (χ1n) is 17.7. The lowest BCUT2D eigenvalue weighted by atomic mass is 9.88. The number of aliphatic carboxylic acids is 1. The van der Waals surface area contributed by atoms with E-state index in [1.54, 1.807) is 0 Å². The van der Waals surface area contributed by atoms with Gasteiger partial charge in [0.05, 0.1) is 38.6 Å². The van der Waals surface area contributed by atoms with Crippen molar-refractivity contribution in [1.29, 1.82) is 0 Å². The molecule has 0 aromatic rings. The van der Waals surface area contributed by atoms with Crippen molar-refractivity contribution in [3.05, 3.63) is 0 Å². The summed E-state index contributed by atoms with van der Waals surface area (Å²) in [6.07, 6.45) is -36.0. The van der Waals surface area contributed by atoms with Crippen LogP contribution in [0, 0.1) is 0 Å². The van der Waals surface area contributed by atoms with E-state index < -0.39 is 179 Å². The highest BCUT2D eigenvalue weighted by molar-refractivity contribution is 5.76. The summed E-state index contributed by atoms with van der Waals surface area (Å²) in [5.41, 5.74) is 0. The van der Waals surface area contributed by atoms with Gasteiger partial charge in [-0.2, -0.15) is 0 Å². The topological polar surface area (TPSA) is 423 Å². The maximum absolute atomic E-state index is 12.8. The smallest absolute Gasteiger partial charge is 0.364 e. The predicted octanol–water partition coefficient (Wildman–Crippen LogP) is -10.3. The number of nitrogens with one attached hydrogen (secondary N) is 2. The van der Waals surface area contributed by atoms with Crippen molar-refractivity contribution in [2.45, 2.75) is 149 Å². The highest BCUT2D eigenvalue weighted by Crippen LogP contribution is 2.37. The average molecular weight is 837 g/mol. The van der Waals surface area contributed by atoms with Gasteiger partial charge in [0.1, 0.15) is 91.5 Å². The molecule has 4 aliphatic rings. The lowest BCUT2D eigenvalue weighted by Gasteiger charge is -2.49. The molecule has 57 heavy (non-hydrogen) atoms. The molecule has 2 amide bonds. The normalized spacial score (nSPS) is 45.1. The zero-order chi connectivity index (χ0) is 42.7. The van der Waals surface area contributed by atoms with Crippen LogP contribution < -0.4 is 10.6 Å². The third-order valence-electron chi connectivity index (χ3n) is 9.98. The van der Waals surface area contributed by atoms with Gasteiger partial charge in [-0.3, -0.25) is 9.59 Å². The molecule has 330 valence electrons. The van der Waals surface area contributed by atoms with Crippen LogP contribution in [0.15, 0.2) is 0 Å². The molecule has 4 heterocycles. The number of carbonyl (C=O) groups excluding carboxylic acids is 2. The Balaban J connectivity index is 1.70. The first-order valence-corrected chi connectivity index (χ1v) is 17.7. The lowest BCUT2D eigenvalue weighted by Crippen LogP contribution is -2.69. The maximum atomic E-state index is 12.8. The summed E-state index contributed by atoms with van der Waals surface area (Å²) >= 11 is 0. The number of carboxylic acids is 1. The standard InChI is InChI=1S/C31H52N2O24/c1-8(37)32-15-10(39)3-31(30(49)50,57-25(15)17(41)11(40)4-34)51-7-14-19(43)26(56-28-16(33-9(2)38)20(44)18(42)12(5-35)53-28)23(47)29(54-14)55-24-13(6-36)52-27(48)22(46)21(24)45/h10-29,34-36,39-48H,3-7H2,1-2H3,(H,32,37)(H,33,38)(H,49,50)/t10-,11+,12+,13+,14+,15+,16+,17+,18+,19-,20+,21+,22+,23+,24+,25+,26-,27?,28-,29-,31+/m0/s1. The second-order valence-electron chi connectivity index (χ2n) is 14.1. The minimum absolute atomic E-state index is 0.773. The maximum Gasteiger partial charge on any atom is 0.364 e. The third-order valence-corrected chi connectivity index (χ3v) is 9.98. The van der Waals surface area contributed by atoms with Gasteiger partial charge in [-0.1, -0.05) is 0 Å². The molecule has 1 unspecified atom stereocenters. The van der Waals surface area contributed by atoms with Crippen LogP contribution in [0.4, 0.5) is 0 Å². The third kappa shape index (κ3) is 10.3. The molecule has 21 atom stereocenters. The summed E-state index contributed by atoms with van der Waals surface area (Å²) in [7, 11) is 0. The summed E-state index contributed by atoms with van der Waals surface area (Å²) in [5.74, 6) is -6.49. The molecule has 0 aromatic heterocycles. The molecule has 0 bridgehead atoms. The molecule has 26 nitrogen and oxygen atoms in total. The lowest BCUT2D eigenvalue weighted by molar-refractivity contribution is -0.379. The molecule has 0 aliphatic carbocycles. The average Bonchev–Trinajstić information content (AvgIpc) is 3.16. The first-order chi connectivity index (χ1) is 26.7. The Morgan fingerprint density at radius 1 is 0.702 bits per heavy atom. The second-order valence-corrected chi connectivity index (χ2v) is 14.1. The number of aliphatic hydroxyl groups excluding tert-OH is 13. The molecule has 4 rings (SSSR count). The second kappa shape index (κ2) is 19.8. The molecule has 0 aromatic carbocycles. The van der Waals surface area contributed by atoms with Gasteiger partial charge in [0.25, 0.3) is 5.79 Å². The van der Waals surface area contributed by atoms with Crippen LogP contribution >= 0.6 is 0 Å². The van der Waals surface area contributed by atoms with Crippen LogP contribution in [0.25, 0.3) is 0 Å². The van der Waals surface area contributed by atoms with E-state index in [1.165, 1.54) is 0 Å². The van der Waals surface area contributed by atoms with E-state index in [9.17, 15) is 85.9 Å². The van der Waals surface area contributed by atoms with Crippen LogP contribution in [0.1, 0.15) is 20.3 Å². The van der Waals surface area contributed by atoms with E-state index in [1.807, 2.05) is 0 Å². The van der Waals surface area contributed by atoms with Gasteiger partial charge in [0.2, 0.25) is 11.8 Å². The van der Waals surface area contributed by atoms with Crippen molar-refractivity contribution in [1.82, 2.24) is 10.6 Å². The van der Waals surface area contributed by atoms with Crippen LogP contribution in [-0.4, -0.2) is 244 Å². The van der Waals surface area contributed by atoms with Gasteiger partial charge >= 0.3 is 5.97 Å². The minimum Gasteiger partial charge on any atom is -0.477 e. The largest absolute Gasteiger partial charge is 0.477 e. The summed E-state index contributed by atoms with van der Waals surface area (Å²) in [5, 5.41) is 151. The zero-order valence-electron chi connectivity index (χ0n) is 30.4. The molecular weight excluding hydrogens is 784 g/mol. The zero-order valence-corrected chi connectivity index (χ0v) is 30.4. The van der Waals surface area contributed by atoms with Gasteiger partial charge < -0.3 is 115 Å². The van der Waals surface area contributed by atoms with Crippen molar-refractivity contribution in [3.63, 3.8) is 0 Å². The molecule has 4 fully saturated rings. The Morgan fingerprint density at radius 3 is 1.84 bits per heavy atom. The fourth-order valence-electron chi connectivity index (χ4n) is 6.94. The number of ether oxygens (including phenoxy) is 7. The quantitative estimate of drug-likeness (QED) is 0.0728. The molecule has 0 radical (unpaired) electrons. The minimum atomic E-state index is -2.98. The molecule has 0 spiro atoms. The van der Waals surface area contributed by atoms with E-state index >= 15 is 0 Å². The van der Waals surface area contributed by atoms with Crippen molar-refractivity contribution in [2.75, 3.05) is 26.4 Å². The SMILES string of the molecule is CC(=O)N[C@H]1[C@H](O[C@H]2[C@@H](O)[C@@H](CO[C@]3(C(=O)O)C[C@H](O)[C@@H](NC(C)=O)[C@H]([C@H](O)[C@H](O)CO)O3)O[C@@H](O[C@H]3[C@H](O)[C@@H](O)C(O)O[C@@H]3CO)[C@@H]2O)O[C@H](CO)[C@@H](O)[C@@H]1O. The summed E-state index contributed by atoms with van der Waals surface area (Å²) in [6.45, 7) is -1.99. The Hall–Kier alpha value is -2.39. The summed E-state index contributed by atoms with van der Waals surface area (Å²) in [4.78, 5) is 36.7. The Bertz CT molecular complexity index is 1350. The monoisotopic (exact) mass is 836 g/mol.